The third-order valence-corrected chi connectivity index (χ3v) is 4.16. The van der Waals surface area contributed by atoms with E-state index in [0.29, 0.717) is 5.92 Å². The van der Waals surface area contributed by atoms with E-state index in [1.807, 2.05) is 24.8 Å². The average Bonchev–Trinajstić information content (AvgIpc) is 3.41. The van der Waals surface area contributed by atoms with Gasteiger partial charge in [0.1, 0.15) is 12.2 Å². The lowest BCUT2D eigenvalue weighted by molar-refractivity contribution is 0.649. The Bertz CT molecular complexity index is 587. The molecule has 0 unspecified atom stereocenters. The Morgan fingerprint density at radius 1 is 0.762 bits per heavy atom. The van der Waals surface area contributed by atoms with Gasteiger partial charge in [-0.3, -0.25) is 0 Å². The van der Waals surface area contributed by atoms with Crippen molar-refractivity contribution < 1.29 is 0 Å². The van der Waals surface area contributed by atoms with Gasteiger partial charge in [-0.2, -0.15) is 0 Å². The predicted octanol–water partition coefficient (Wildman–Crippen LogP) is 1.47. The molecule has 0 spiro atoms. The Balaban J connectivity index is 1.40. The molecule has 0 radical (unpaired) electrons. The summed E-state index contributed by atoms with van der Waals surface area (Å²) in [5.41, 5.74) is 2.22. The molecule has 1 aliphatic heterocycles. The monoisotopic (exact) mass is 282 g/mol. The molecular formula is C15H18N6. The zero-order valence-electron chi connectivity index (χ0n) is 11.9. The summed E-state index contributed by atoms with van der Waals surface area (Å²) >= 11 is 0. The Kier molecular flexibility index (Phi) is 3.14. The van der Waals surface area contributed by atoms with Crippen LogP contribution in [0.3, 0.4) is 0 Å². The molecule has 2 fully saturated rings. The number of rotatable bonds is 3. The molecule has 0 aromatic carbocycles. The first-order valence-electron chi connectivity index (χ1n) is 7.47. The fourth-order valence-electron chi connectivity index (χ4n) is 2.72. The normalized spacial score (nSPS) is 18.9. The first-order chi connectivity index (χ1) is 10.4. The topological polar surface area (TPSA) is 58.0 Å². The van der Waals surface area contributed by atoms with E-state index in [9.17, 15) is 0 Å². The van der Waals surface area contributed by atoms with Crippen LogP contribution < -0.4 is 9.80 Å². The zero-order valence-corrected chi connectivity index (χ0v) is 11.9. The van der Waals surface area contributed by atoms with E-state index < -0.39 is 0 Å². The molecule has 0 N–H and O–H groups in total. The van der Waals surface area contributed by atoms with Crippen LogP contribution in [0.4, 0.5) is 11.4 Å². The lowest BCUT2D eigenvalue weighted by Gasteiger charge is -2.36. The number of anilines is 2. The van der Waals surface area contributed by atoms with E-state index in [1.165, 1.54) is 12.8 Å². The highest BCUT2D eigenvalue weighted by molar-refractivity contribution is 5.48. The summed E-state index contributed by atoms with van der Waals surface area (Å²) in [7, 11) is 0. The van der Waals surface area contributed by atoms with Gasteiger partial charge < -0.3 is 9.80 Å². The summed E-state index contributed by atoms with van der Waals surface area (Å²) in [6.45, 7) is 3.89. The fraction of sp³-hybridized carbons (Fsp3) is 0.467. The lowest BCUT2D eigenvalue weighted by Crippen LogP contribution is -2.46. The lowest BCUT2D eigenvalue weighted by atomic mass is 10.2. The molecule has 0 bridgehead atoms. The second-order valence-corrected chi connectivity index (χ2v) is 5.64. The van der Waals surface area contributed by atoms with Gasteiger partial charge in [-0.15, -0.1) is 0 Å². The second kappa shape index (κ2) is 5.27. The van der Waals surface area contributed by atoms with E-state index in [4.69, 9.17) is 0 Å². The summed E-state index contributed by atoms with van der Waals surface area (Å²) in [6.07, 6.45) is 11.8. The summed E-state index contributed by atoms with van der Waals surface area (Å²) in [5.74, 6) is 1.63. The quantitative estimate of drug-likeness (QED) is 0.849. The highest BCUT2D eigenvalue weighted by atomic mass is 15.3. The number of hydrogen-bond acceptors (Lipinski definition) is 6. The molecule has 2 aromatic rings. The Hall–Kier alpha value is -2.24. The van der Waals surface area contributed by atoms with Crippen LogP contribution in [0.25, 0.3) is 0 Å². The molecule has 21 heavy (non-hydrogen) atoms. The third-order valence-electron chi connectivity index (χ3n) is 4.16. The van der Waals surface area contributed by atoms with Gasteiger partial charge in [0.25, 0.3) is 0 Å². The molecule has 1 saturated carbocycles. The molecule has 1 saturated heterocycles. The van der Waals surface area contributed by atoms with Crippen LogP contribution in [-0.2, 0) is 0 Å². The standard InChI is InChI=1S/C15H18N6/c1-2-12(1)15-18-9-14(10-19-15)21-5-3-20(4-6-21)13-7-16-11-17-8-13/h7-12H,1-6H2. The molecule has 0 atom stereocenters. The number of aromatic nitrogens is 4. The van der Waals surface area contributed by atoms with Crippen molar-refractivity contribution in [2.24, 2.45) is 0 Å². The first kappa shape index (κ1) is 12.5. The number of hydrogen-bond donors (Lipinski definition) is 0. The summed E-state index contributed by atoms with van der Waals surface area (Å²) in [5, 5.41) is 0. The van der Waals surface area contributed by atoms with Crippen LogP contribution in [0.5, 0.6) is 0 Å². The SMILES string of the molecule is c1ncc(N2CCN(c3cnc(C4CC4)nc3)CC2)cn1. The summed E-state index contributed by atoms with van der Waals surface area (Å²) < 4.78 is 0. The highest BCUT2D eigenvalue weighted by Gasteiger charge is 2.26. The van der Waals surface area contributed by atoms with Crippen molar-refractivity contribution in [2.45, 2.75) is 18.8 Å². The van der Waals surface area contributed by atoms with E-state index in [0.717, 1.165) is 43.4 Å². The van der Waals surface area contributed by atoms with Crippen LogP contribution in [0.2, 0.25) is 0 Å². The van der Waals surface area contributed by atoms with Crippen molar-refractivity contribution in [3.63, 3.8) is 0 Å². The molecule has 0 amide bonds. The molecule has 4 rings (SSSR count). The van der Waals surface area contributed by atoms with Crippen molar-refractivity contribution in [3.05, 3.63) is 36.9 Å². The van der Waals surface area contributed by atoms with E-state index in [-0.39, 0.29) is 0 Å². The van der Waals surface area contributed by atoms with Crippen molar-refractivity contribution in [1.29, 1.82) is 0 Å². The Labute approximate surface area is 123 Å². The van der Waals surface area contributed by atoms with Crippen molar-refractivity contribution in [2.75, 3.05) is 36.0 Å². The van der Waals surface area contributed by atoms with Crippen LogP contribution in [0, 0.1) is 0 Å². The third kappa shape index (κ3) is 2.66. The zero-order chi connectivity index (χ0) is 14.1. The highest BCUT2D eigenvalue weighted by Crippen LogP contribution is 2.37. The fourth-order valence-corrected chi connectivity index (χ4v) is 2.72. The molecule has 6 nitrogen and oxygen atoms in total. The van der Waals surface area contributed by atoms with Gasteiger partial charge in [-0.25, -0.2) is 19.9 Å². The maximum atomic E-state index is 4.51. The van der Waals surface area contributed by atoms with E-state index in [2.05, 4.69) is 29.7 Å². The molecule has 6 heteroatoms. The predicted molar refractivity (Wildman–Crippen MR) is 80.5 cm³/mol. The maximum Gasteiger partial charge on any atom is 0.131 e. The minimum atomic E-state index is 0.619. The van der Waals surface area contributed by atoms with Gasteiger partial charge in [-0.1, -0.05) is 0 Å². The average molecular weight is 282 g/mol. The minimum absolute atomic E-state index is 0.619. The van der Waals surface area contributed by atoms with Crippen molar-refractivity contribution >= 4 is 11.4 Å². The molecular weight excluding hydrogens is 264 g/mol. The van der Waals surface area contributed by atoms with Gasteiger partial charge in [-0.05, 0) is 12.8 Å². The van der Waals surface area contributed by atoms with Crippen molar-refractivity contribution in [1.82, 2.24) is 19.9 Å². The maximum absolute atomic E-state index is 4.51. The molecule has 2 aromatic heterocycles. The minimum Gasteiger partial charge on any atom is -0.365 e. The van der Waals surface area contributed by atoms with Crippen LogP contribution in [0.15, 0.2) is 31.1 Å². The Morgan fingerprint density at radius 2 is 1.29 bits per heavy atom. The van der Waals surface area contributed by atoms with Crippen molar-refractivity contribution in [3.8, 4) is 0 Å². The summed E-state index contributed by atoms with van der Waals surface area (Å²) in [4.78, 5) is 21.8. The van der Waals surface area contributed by atoms with Gasteiger partial charge in [0.15, 0.2) is 0 Å². The van der Waals surface area contributed by atoms with Crippen LogP contribution in [-0.4, -0.2) is 46.1 Å². The van der Waals surface area contributed by atoms with Crippen LogP contribution in [0.1, 0.15) is 24.6 Å². The molecule has 2 aliphatic rings. The molecule has 3 heterocycles. The molecule has 1 aliphatic carbocycles. The van der Waals surface area contributed by atoms with Gasteiger partial charge in [0.2, 0.25) is 0 Å². The largest absolute Gasteiger partial charge is 0.365 e. The van der Waals surface area contributed by atoms with Gasteiger partial charge in [0.05, 0.1) is 36.2 Å². The van der Waals surface area contributed by atoms with Gasteiger partial charge >= 0.3 is 0 Å². The Morgan fingerprint density at radius 3 is 1.81 bits per heavy atom. The first-order valence-corrected chi connectivity index (χ1v) is 7.47. The number of piperazine rings is 1. The number of nitrogens with zero attached hydrogens (tertiary/aromatic N) is 6. The second-order valence-electron chi connectivity index (χ2n) is 5.64. The summed E-state index contributed by atoms with van der Waals surface area (Å²) in [6, 6.07) is 0. The molecule has 108 valence electrons. The van der Waals surface area contributed by atoms with Crippen LogP contribution >= 0.6 is 0 Å². The smallest absolute Gasteiger partial charge is 0.131 e. The van der Waals surface area contributed by atoms with E-state index in [1.54, 1.807) is 6.33 Å². The van der Waals surface area contributed by atoms with E-state index >= 15 is 0 Å². The van der Waals surface area contributed by atoms with Gasteiger partial charge in [0, 0.05) is 32.1 Å².